The maximum Gasteiger partial charge on any atom is 0.339 e. The molecule has 0 atom stereocenters. The molecule has 0 spiro atoms. The van der Waals surface area contributed by atoms with Crippen LogP contribution in [0.25, 0.3) is 34.0 Å². The molecule has 0 saturated carbocycles. The number of carboxylic acid groups (broad SMARTS) is 1. The number of nitriles is 1. The molecule has 2 aromatic heterocycles. The lowest BCUT2D eigenvalue weighted by molar-refractivity contribution is 0.0694. The summed E-state index contributed by atoms with van der Waals surface area (Å²) in [5.41, 5.74) is 2.16. The number of aromatic hydroxyl groups is 1. The van der Waals surface area contributed by atoms with Gasteiger partial charge in [-0.25, -0.2) is 9.78 Å². The fourth-order valence-electron chi connectivity index (χ4n) is 2.82. The van der Waals surface area contributed by atoms with E-state index in [0.29, 0.717) is 28.5 Å². The number of aromatic nitrogens is 2. The molecule has 4 rings (SSSR count). The molecule has 0 aliphatic heterocycles. The Hall–Kier alpha value is -4.31. The number of carboxylic acids is 1. The number of aromatic carboxylic acids is 1. The number of nitrogens with one attached hydrogen (secondary N) is 1. The lowest BCUT2D eigenvalue weighted by Crippen LogP contribution is -1.96. The quantitative estimate of drug-likeness (QED) is 0.460. The molecule has 0 aliphatic carbocycles. The third-order valence-electron chi connectivity index (χ3n) is 4.19. The summed E-state index contributed by atoms with van der Waals surface area (Å²) < 4.78 is 5.73. The van der Waals surface area contributed by atoms with Crippen molar-refractivity contribution < 1.29 is 19.4 Å². The highest BCUT2D eigenvalue weighted by Crippen LogP contribution is 2.29. The number of nitrogens with zero attached hydrogens (tertiary/aromatic N) is 2. The van der Waals surface area contributed by atoms with Gasteiger partial charge in [0.1, 0.15) is 34.7 Å². The summed E-state index contributed by atoms with van der Waals surface area (Å²) in [7, 11) is 0. The number of fused-ring (bicyclic) bond motifs is 1. The molecule has 0 bridgehead atoms. The highest BCUT2D eigenvalue weighted by molar-refractivity contribution is 5.92. The van der Waals surface area contributed by atoms with Crippen LogP contribution in [0.5, 0.6) is 5.75 Å². The molecule has 0 radical (unpaired) electrons. The lowest BCUT2D eigenvalue weighted by atomic mass is 10.1. The van der Waals surface area contributed by atoms with Crippen molar-refractivity contribution in [3.8, 4) is 23.1 Å². The number of phenols is 1. The maximum absolute atomic E-state index is 11.2. The van der Waals surface area contributed by atoms with E-state index >= 15 is 0 Å². The number of para-hydroxylation sites is 2. The number of carbonyl (C=O) groups is 1. The topological polar surface area (TPSA) is 123 Å². The molecule has 28 heavy (non-hydrogen) atoms. The van der Waals surface area contributed by atoms with Crippen LogP contribution in [0.2, 0.25) is 0 Å². The van der Waals surface area contributed by atoms with Gasteiger partial charge in [0.15, 0.2) is 0 Å². The molecule has 0 unspecified atom stereocenters. The third kappa shape index (κ3) is 3.10. The Bertz CT molecular complexity index is 1240. The summed E-state index contributed by atoms with van der Waals surface area (Å²) in [6.07, 6.45) is 1.56. The number of rotatable bonds is 4. The molecule has 0 aliphatic rings. The monoisotopic (exact) mass is 371 g/mol. The zero-order valence-electron chi connectivity index (χ0n) is 14.4. The van der Waals surface area contributed by atoms with E-state index in [1.54, 1.807) is 24.3 Å². The van der Waals surface area contributed by atoms with Crippen molar-refractivity contribution in [1.29, 1.82) is 5.26 Å². The van der Waals surface area contributed by atoms with Gasteiger partial charge in [0.2, 0.25) is 0 Å². The first-order valence-corrected chi connectivity index (χ1v) is 8.28. The van der Waals surface area contributed by atoms with Crippen LogP contribution < -0.4 is 0 Å². The van der Waals surface area contributed by atoms with Gasteiger partial charge in [0, 0.05) is 11.6 Å². The van der Waals surface area contributed by atoms with Gasteiger partial charge in [0.05, 0.1) is 16.6 Å². The van der Waals surface area contributed by atoms with Gasteiger partial charge in [0.25, 0.3) is 0 Å². The Morgan fingerprint density at radius 1 is 1.18 bits per heavy atom. The first-order chi connectivity index (χ1) is 13.5. The number of H-pyrrole nitrogens is 1. The summed E-state index contributed by atoms with van der Waals surface area (Å²) in [4.78, 5) is 18.7. The summed E-state index contributed by atoms with van der Waals surface area (Å²) in [6.45, 7) is 0. The molecular weight excluding hydrogens is 358 g/mol. The minimum atomic E-state index is -1.23. The van der Waals surface area contributed by atoms with Gasteiger partial charge in [-0.1, -0.05) is 12.1 Å². The van der Waals surface area contributed by atoms with Crippen LogP contribution >= 0.6 is 0 Å². The summed E-state index contributed by atoms with van der Waals surface area (Å²) >= 11 is 0. The highest BCUT2D eigenvalue weighted by atomic mass is 16.4. The smallest absolute Gasteiger partial charge is 0.339 e. The van der Waals surface area contributed by atoms with Crippen LogP contribution in [0, 0.1) is 11.3 Å². The third-order valence-corrected chi connectivity index (χ3v) is 4.19. The predicted molar refractivity (Wildman–Crippen MR) is 102 cm³/mol. The summed E-state index contributed by atoms with van der Waals surface area (Å²) in [6, 6.07) is 17.1. The van der Waals surface area contributed by atoms with Crippen LogP contribution in [0.3, 0.4) is 0 Å². The first kappa shape index (κ1) is 17.1. The van der Waals surface area contributed by atoms with E-state index in [-0.39, 0.29) is 11.3 Å². The fraction of sp³-hybridized carbons (Fsp3) is 0. The molecule has 0 saturated heterocycles. The van der Waals surface area contributed by atoms with Gasteiger partial charge < -0.3 is 19.6 Å². The Labute approximate surface area is 158 Å². The molecule has 4 aromatic rings. The number of allylic oxidation sites excluding steroid dienone is 1. The highest BCUT2D eigenvalue weighted by Gasteiger charge is 2.14. The van der Waals surface area contributed by atoms with Crippen molar-refractivity contribution in [2.45, 2.75) is 0 Å². The SMILES string of the molecule is N#C/C(=C\c1ccc(-c2ccc(O)c(C(=O)O)c2)o1)c1nc2ccccc2[nH]1. The summed E-state index contributed by atoms with van der Waals surface area (Å²) in [5, 5.41) is 28.3. The Morgan fingerprint density at radius 3 is 2.75 bits per heavy atom. The molecule has 2 aromatic carbocycles. The maximum atomic E-state index is 11.2. The first-order valence-electron chi connectivity index (χ1n) is 8.28. The van der Waals surface area contributed by atoms with Crippen LogP contribution in [0.4, 0.5) is 0 Å². The van der Waals surface area contributed by atoms with Crippen LogP contribution in [-0.4, -0.2) is 26.2 Å². The number of aromatic amines is 1. The largest absolute Gasteiger partial charge is 0.507 e. The molecule has 7 nitrogen and oxygen atoms in total. The molecule has 0 amide bonds. The van der Waals surface area contributed by atoms with Gasteiger partial charge in [-0.2, -0.15) is 5.26 Å². The predicted octanol–water partition coefficient (Wildman–Crippen LogP) is 4.29. The molecule has 136 valence electrons. The molecule has 2 heterocycles. The van der Waals surface area contributed by atoms with E-state index in [2.05, 4.69) is 16.0 Å². The molecular formula is C21H13N3O4. The van der Waals surface area contributed by atoms with Gasteiger partial charge in [-0.15, -0.1) is 0 Å². The fourth-order valence-corrected chi connectivity index (χ4v) is 2.82. The van der Waals surface area contributed by atoms with Gasteiger partial charge in [-0.3, -0.25) is 0 Å². The van der Waals surface area contributed by atoms with Crippen molar-refractivity contribution in [3.63, 3.8) is 0 Å². The zero-order chi connectivity index (χ0) is 19.7. The zero-order valence-corrected chi connectivity index (χ0v) is 14.4. The van der Waals surface area contributed by atoms with E-state index in [1.807, 2.05) is 24.3 Å². The Kier molecular flexibility index (Phi) is 4.14. The number of benzene rings is 2. The minimum absolute atomic E-state index is 0.217. The average Bonchev–Trinajstić information content (AvgIpc) is 3.33. The van der Waals surface area contributed by atoms with Crippen molar-refractivity contribution >= 4 is 28.7 Å². The van der Waals surface area contributed by atoms with E-state index in [4.69, 9.17) is 9.52 Å². The van der Waals surface area contributed by atoms with E-state index in [1.165, 1.54) is 12.1 Å². The number of imidazole rings is 1. The molecule has 3 N–H and O–H groups in total. The van der Waals surface area contributed by atoms with Gasteiger partial charge in [-0.05, 0) is 42.5 Å². The lowest BCUT2D eigenvalue weighted by Gasteiger charge is -2.02. The number of hydrogen-bond acceptors (Lipinski definition) is 5. The standard InChI is InChI=1S/C21H13N3O4/c22-11-13(20-23-16-3-1-2-4-17(16)24-20)9-14-6-8-19(28-14)12-5-7-18(25)15(10-12)21(26)27/h1-10,25H,(H,23,24)(H,26,27)/b13-9+. The van der Waals surface area contributed by atoms with E-state index < -0.39 is 5.97 Å². The number of furan rings is 1. The number of hydrogen-bond donors (Lipinski definition) is 3. The second kappa shape index (κ2) is 6.78. The second-order valence-corrected chi connectivity index (χ2v) is 6.01. The second-order valence-electron chi connectivity index (χ2n) is 6.01. The summed E-state index contributed by atoms with van der Waals surface area (Å²) in [5.74, 6) is -0.297. The molecule has 0 fully saturated rings. The van der Waals surface area contributed by atoms with Crippen molar-refractivity contribution in [1.82, 2.24) is 9.97 Å². The normalized spacial score (nSPS) is 11.5. The van der Waals surface area contributed by atoms with Crippen molar-refractivity contribution in [3.05, 3.63) is 71.7 Å². The van der Waals surface area contributed by atoms with E-state index in [0.717, 1.165) is 11.0 Å². The minimum Gasteiger partial charge on any atom is -0.507 e. The van der Waals surface area contributed by atoms with Crippen LogP contribution in [0.15, 0.2) is 59.0 Å². The van der Waals surface area contributed by atoms with Crippen molar-refractivity contribution in [2.24, 2.45) is 0 Å². The van der Waals surface area contributed by atoms with Crippen LogP contribution in [-0.2, 0) is 0 Å². The Morgan fingerprint density at radius 2 is 2.00 bits per heavy atom. The van der Waals surface area contributed by atoms with Crippen LogP contribution in [0.1, 0.15) is 21.9 Å². The average molecular weight is 371 g/mol. The van der Waals surface area contributed by atoms with E-state index in [9.17, 15) is 15.2 Å². The molecule has 7 heteroatoms. The van der Waals surface area contributed by atoms with Crippen molar-refractivity contribution in [2.75, 3.05) is 0 Å². The van der Waals surface area contributed by atoms with Gasteiger partial charge >= 0.3 is 5.97 Å². The Balaban J connectivity index is 1.69.